The molecular formula is C12H18. The molecule has 4 fully saturated rings. The van der Waals surface area contributed by atoms with E-state index in [2.05, 4.69) is 13.8 Å². The smallest absolute Gasteiger partial charge is 0.0202 e. The van der Waals surface area contributed by atoms with Gasteiger partial charge in [0.25, 0.3) is 0 Å². The van der Waals surface area contributed by atoms with Crippen molar-refractivity contribution in [1.82, 2.24) is 0 Å². The van der Waals surface area contributed by atoms with Crippen LogP contribution in [-0.2, 0) is 0 Å². The highest BCUT2D eigenvalue weighted by atomic mass is 14.8. The second-order valence-corrected chi connectivity index (χ2v) is 6.86. The first kappa shape index (κ1) is 6.45. The van der Waals surface area contributed by atoms with Crippen molar-refractivity contribution in [3.8, 4) is 0 Å². The Kier molecular flexibility index (Phi) is 0.703. The van der Waals surface area contributed by atoms with E-state index in [9.17, 15) is 0 Å². The zero-order chi connectivity index (χ0) is 8.19. The van der Waals surface area contributed by atoms with Crippen LogP contribution in [0.2, 0.25) is 0 Å². The largest absolute Gasteiger partial charge is 0.0596 e. The molecule has 4 aliphatic rings. The highest BCUT2D eigenvalue weighted by molar-refractivity contribution is 5.29. The summed E-state index contributed by atoms with van der Waals surface area (Å²) < 4.78 is 0. The fourth-order valence-corrected chi connectivity index (χ4v) is 5.81. The summed E-state index contributed by atoms with van der Waals surface area (Å²) in [4.78, 5) is 0. The molecule has 0 saturated heterocycles. The van der Waals surface area contributed by atoms with Gasteiger partial charge >= 0.3 is 0 Å². The van der Waals surface area contributed by atoms with E-state index < -0.39 is 0 Å². The molecule has 4 saturated carbocycles. The average molecular weight is 162 g/mol. The van der Waals surface area contributed by atoms with E-state index in [4.69, 9.17) is 0 Å². The summed E-state index contributed by atoms with van der Waals surface area (Å²) in [7, 11) is 0. The number of fused-ring (bicyclic) bond motifs is 1. The minimum Gasteiger partial charge on any atom is -0.0596 e. The van der Waals surface area contributed by atoms with Crippen molar-refractivity contribution in [2.45, 2.75) is 46.0 Å². The number of hydrogen-bond acceptors (Lipinski definition) is 0. The fourth-order valence-electron chi connectivity index (χ4n) is 5.81. The minimum absolute atomic E-state index is 0.795. The lowest BCUT2D eigenvalue weighted by molar-refractivity contribution is 0.218. The molecule has 12 heavy (non-hydrogen) atoms. The van der Waals surface area contributed by atoms with Crippen molar-refractivity contribution in [3.05, 3.63) is 0 Å². The van der Waals surface area contributed by atoms with Crippen LogP contribution in [0.3, 0.4) is 0 Å². The Morgan fingerprint density at radius 2 is 1.83 bits per heavy atom. The van der Waals surface area contributed by atoms with Gasteiger partial charge in [0.15, 0.2) is 0 Å². The summed E-state index contributed by atoms with van der Waals surface area (Å²) in [5.74, 6) is 2.33. The third kappa shape index (κ3) is 0.418. The Balaban J connectivity index is 1.91. The van der Waals surface area contributed by atoms with Crippen LogP contribution >= 0.6 is 0 Å². The Hall–Kier alpha value is 0. The van der Waals surface area contributed by atoms with Gasteiger partial charge in [0, 0.05) is 0 Å². The molecule has 0 aromatic carbocycles. The zero-order valence-electron chi connectivity index (χ0n) is 8.19. The number of rotatable bonds is 0. The molecule has 5 unspecified atom stereocenters. The van der Waals surface area contributed by atoms with E-state index in [0.717, 1.165) is 22.2 Å². The van der Waals surface area contributed by atoms with E-state index in [1.54, 1.807) is 32.1 Å². The lowest BCUT2D eigenvalue weighted by Crippen LogP contribution is -2.19. The molecule has 5 atom stereocenters. The molecule has 4 aliphatic carbocycles. The first-order valence-electron chi connectivity index (χ1n) is 5.57. The fraction of sp³-hybridized carbons (Fsp3) is 1.00. The minimum atomic E-state index is 0.795. The Labute approximate surface area is 74.7 Å². The van der Waals surface area contributed by atoms with Crippen molar-refractivity contribution in [1.29, 1.82) is 0 Å². The van der Waals surface area contributed by atoms with Crippen molar-refractivity contribution < 1.29 is 0 Å². The van der Waals surface area contributed by atoms with E-state index in [0.29, 0.717) is 0 Å². The summed E-state index contributed by atoms with van der Waals surface area (Å²) in [5.41, 5.74) is 2.52. The van der Waals surface area contributed by atoms with Crippen molar-refractivity contribution in [2.75, 3.05) is 0 Å². The second-order valence-electron chi connectivity index (χ2n) is 6.86. The van der Waals surface area contributed by atoms with Crippen LogP contribution in [0.1, 0.15) is 46.0 Å². The van der Waals surface area contributed by atoms with Crippen molar-refractivity contribution in [2.24, 2.45) is 28.1 Å². The van der Waals surface area contributed by atoms with Crippen LogP contribution in [0.25, 0.3) is 0 Å². The van der Waals surface area contributed by atoms with Gasteiger partial charge in [-0.15, -0.1) is 0 Å². The quantitative estimate of drug-likeness (QED) is 0.513. The standard InChI is InChI=1S/C12H18/c1-10-3-8-4-11(2)7-12(11,6-10)9(8)5-10/h8-9H,3-7H2,1-2H3. The summed E-state index contributed by atoms with van der Waals surface area (Å²) in [6.45, 7) is 5.12. The third-order valence-electron chi connectivity index (χ3n) is 5.98. The van der Waals surface area contributed by atoms with E-state index in [1.807, 2.05) is 0 Å². The van der Waals surface area contributed by atoms with Gasteiger partial charge < -0.3 is 0 Å². The van der Waals surface area contributed by atoms with Crippen molar-refractivity contribution in [3.63, 3.8) is 0 Å². The molecule has 0 amide bonds. The first-order valence-corrected chi connectivity index (χ1v) is 5.57. The maximum absolute atomic E-state index is 2.57. The predicted molar refractivity (Wildman–Crippen MR) is 48.7 cm³/mol. The zero-order valence-corrected chi connectivity index (χ0v) is 8.19. The molecule has 4 rings (SSSR count). The summed E-state index contributed by atoms with van der Waals surface area (Å²) in [5, 5.41) is 0. The molecule has 1 spiro atoms. The Bertz CT molecular complexity index is 280. The van der Waals surface area contributed by atoms with Gasteiger partial charge in [-0.3, -0.25) is 0 Å². The molecule has 0 aromatic rings. The van der Waals surface area contributed by atoms with E-state index in [1.165, 1.54) is 5.92 Å². The highest BCUT2D eigenvalue weighted by Gasteiger charge is 2.80. The van der Waals surface area contributed by atoms with Crippen LogP contribution in [0.5, 0.6) is 0 Å². The van der Waals surface area contributed by atoms with Crippen LogP contribution < -0.4 is 0 Å². The van der Waals surface area contributed by atoms with Crippen LogP contribution in [0.15, 0.2) is 0 Å². The molecule has 66 valence electrons. The SMILES string of the molecule is CC12CC3CC4(C)CC4(C1)C3C2. The van der Waals surface area contributed by atoms with Gasteiger partial charge in [0.05, 0.1) is 0 Å². The van der Waals surface area contributed by atoms with Crippen LogP contribution in [0.4, 0.5) is 0 Å². The maximum atomic E-state index is 2.57. The summed E-state index contributed by atoms with van der Waals surface area (Å²) >= 11 is 0. The monoisotopic (exact) mass is 162 g/mol. The molecule has 0 heterocycles. The van der Waals surface area contributed by atoms with Gasteiger partial charge in [-0.2, -0.15) is 0 Å². The number of hydrogen-bond donors (Lipinski definition) is 0. The Morgan fingerprint density at radius 1 is 1.00 bits per heavy atom. The van der Waals surface area contributed by atoms with Gasteiger partial charge in [-0.1, -0.05) is 13.8 Å². The highest BCUT2D eigenvalue weighted by Crippen LogP contribution is 2.89. The first-order chi connectivity index (χ1) is 5.57. The van der Waals surface area contributed by atoms with Gasteiger partial charge in [-0.05, 0) is 60.2 Å². The Morgan fingerprint density at radius 3 is 2.42 bits per heavy atom. The summed E-state index contributed by atoms with van der Waals surface area (Å²) in [6.07, 6.45) is 7.95. The molecule has 0 nitrogen and oxygen atoms in total. The molecular weight excluding hydrogens is 144 g/mol. The molecule has 0 aliphatic heterocycles. The molecule has 2 bridgehead atoms. The van der Waals surface area contributed by atoms with Crippen molar-refractivity contribution >= 4 is 0 Å². The normalized spacial score (nSPS) is 76.5. The second kappa shape index (κ2) is 1.31. The van der Waals surface area contributed by atoms with E-state index >= 15 is 0 Å². The third-order valence-corrected chi connectivity index (χ3v) is 5.98. The van der Waals surface area contributed by atoms with Gasteiger partial charge in [0.1, 0.15) is 0 Å². The topological polar surface area (TPSA) is 0 Å². The maximum Gasteiger partial charge on any atom is -0.0202 e. The molecule has 0 aromatic heterocycles. The van der Waals surface area contributed by atoms with Gasteiger partial charge in [-0.25, -0.2) is 0 Å². The average Bonchev–Trinajstić information content (AvgIpc) is 2.24. The summed E-state index contributed by atoms with van der Waals surface area (Å²) in [6, 6.07) is 0. The van der Waals surface area contributed by atoms with Gasteiger partial charge in [0.2, 0.25) is 0 Å². The lowest BCUT2D eigenvalue weighted by atomic mass is 9.77. The predicted octanol–water partition coefficient (Wildman–Crippen LogP) is 3.22. The van der Waals surface area contributed by atoms with Crippen LogP contribution in [0, 0.1) is 28.1 Å². The molecule has 0 radical (unpaired) electrons. The lowest BCUT2D eigenvalue weighted by Gasteiger charge is -2.28. The molecule has 0 N–H and O–H groups in total. The van der Waals surface area contributed by atoms with Crippen LogP contribution in [-0.4, -0.2) is 0 Å². The van der Waals surface area contributed by atoms with E-state index in [-0.39, 0.29) is 0 Å². The molecule has 0 heteroatoms.